The second-order valence-electron chi connectivity index (χ2n) is 9.67. The number of aryl methyl sites for hydroxylation is 1. The van der Waals surface area contributed by atoms with Crippen LogP contribution in [-0.2, 0) is 16.0 Å². The van der Waals surface area contributed by atoms with E-state index in [-0.39, 0.29) is 41.0 Å². The highest BCUT2D eigenvalue weighted by Crippen LogP contribution is 2.69. The van der Waals surface area contributed by atoms with Crippen molar-refractivity contribution in [1.29, 1.82) is 0 Å². The molecule has 7 heteroatoms. The van der Waals surface area contributed by atoms with Crippen LogP contribution in [-0.4, -0.2) is 30.4 Å². The molecule has 6 rings (SSSR count). The molecule has 1 heterocycles. The van der Waals surface area contributed by atoms with E-state index in [9.17, 15) is 14.0 Å². The molecule has 1 atom stereocenters. The fourth-order valence-electron chi connectivity index (χ4n) is 5.53. The van der Waals surface area contributed by atoms with Crippen molar-refractivity contribution in [2.45, 2.75) is 44.6 Å². The summed E-state index contributed by atoms with van der Waals surface area (Å²) in [5.41, 5.74) is 1.34. The maximum absolute atomic E-state index is 13.6. The van der Waals surface area contributed by atoms with Gasteiger partial charge < -0.3 is 14.8 Å². The molecular weight excluding hydrogens is 433 g/mol. The summed E-state index contributed by atoms with van der Waals surface area (Å²) >= 11 is 6.01. The zero-order chi connectivity index (χ0) is 22.5. The van der Waals surface area contributed by atoms with E-state index in [1.54, 1.807) is 25.1 Å². The lowest BCUT2D eigenvalue weighted by Gasteiger charge is -2.70. The Morgan fingerprint density at radius 1 is 1.22 bits per heavy atom. The Hall–Kier alpha value is -2.60. The molecule has 3 saturated carbocycles. The molecule has 0 spiro atoms. The highest BCUT2D eigenvalue weighted by Gasteiger charge is 2.68. The lowest BCUT2D eigenvalue weighted by molar-refractivity contribution is -0.174. The second-order valence-corrected chi connectivity index (χ2v) is 10.1. The predicted octanol–water partition coefficient (Wildman–Crippen LogP) is 4.42. The van der Waals surface area contributed by atoms with E-state index in [1.165, 1.54) is 6.07 Å². The van der Waals surface area contributed by atoms with Crippen molar-refractivity contribution in [3.8, 4) is 11.5 Å². The largest absolute Gasteiger partial charge is 0.492 e. The van der Waals surface area contributed by atoms with Crippen molar-refractivity contribution in [3.63, 3.8) is 0 Å². The summed E-state index contributed by atoms with van der Waals surface area (Å²) < 4.78 is 24.8. The molecule has 1 unspecified atom stereocenters. The van der Waals surface area contributed by atoms with E-state index >= 15 is 0 Å². The van der Waals surface area contributed by atoms with Crippen molar-refractivity contribution < 1.29 is 23.5 Å². The fraction of sp³-hybridized carbons (Fsp3) is 0.440. The Bertz CT molecular complexity index is 1080. The first-order valence-corrected chi connectivity index (χ1v) is 11.3. The van der Waals surface area contributed by atoms with Gasteiger partial charge in [0.05, 0.1) is 12.5 Å². The molecule has 1 N–H and O–H groups in total. The van der Waals surface area contributed by atoms with Crippen LogP contribution in [0, 0.1) is 24.1 Å². The molecule has 32 heavy (non-hydrogen) atoms. The van der Waals surface area contributed by atoms with Crippen LogP contribution < -0.4 is 14.8 Å². The monoisotopic (exact) mass is 457 g/mol. The number of fused-ring (bicyclic) bond motifs is 1. The smallest absolute Gasteiger partial charge is 0.258 e. The molecule has 2 aromatic rings. The Balaban J connectivity index is 1.08. The number of hydrogen-bond donors (Lipinski definition) is 1. The highest BCUT2D eigenvalue weighted by atomic mass is 35.5. The minimum Gasteiger partial charge on any atom is -0.492 e. The fourth-order valence-corrected chi connectivity index (χ4v) is 5.69. The van der Waals surface area contributed by atoms with E-state index in [1.807, 2.05) is 12.1 Å². The van der Waals surface area contributed by atoms with E-state index in [0.717, 1.165) is 30.6 Å². The number of nitrogens with one attached hydrogen (secondary N) is 1. The van der Waals surface area contributed by atoms with Crippen molar-refractivity contribution in [1.82, 2.24) is 5.32 Å². The Labute approximate surface area is 191 Å². The average molecular weight is 458 g/mol. The molecule has 0 radical (unpaired) electrons. The molecule has 1 amide bonds. The lowest BCUT2D eigenvalue weighted by Crippen LogP contribution is -2.75. The second kappa shape index (κ2) is 7.77. The predicted molar refractivity (Wildman–Crippen MR) is 118 cm³/mol. The van der Waals surface area contributed by atoms with Crippen LogP contribution in [0.3, 0.4) is 0 Å². The van der Waals surface area contributed by atoms with Gasteiger partial charge in [-0.2, -0.15) is 0 Å². The summed E-state index contributed by atoms with van der Waals surface area (Å²) in [5, 5.41) is 3.68. The van der Waals surface area contributed by atoms with Gasteiger partial charge in [-0.25, -0.2) is 4.39 Å². The molecule has 0 aromatic heterocycles. The third-order valence-electron chi connectivity index (χ3n) is 7.00. The Kier molecular flexibility index (Phi) is 5.16. The van der Waals surface area contributed by atoms with Gasteiger partial charge in [0.25, 0.3) is 5.91 Å². The number of rotatable bonds is 7. The number of amides is 1. The Morgan fingerprint density at radius 3 is 2.75 bits per heavy atom. The van der Waals surface area contributed by atoms with Crippen molar-refractivity contribution in [2.24, 2.45) is 11.3 Å². The Morgan fingerprint density at radius 2 is 2.00 bits per heavy atom. The standard InChI is InChI=1S/C25H25ClFNO4/c1-15-2-5-19(8-20(15)27)31-11-23(30)28-25-12-24(13-25,14-25)9-21(29)17-6-16-3-4-18(26)7-22(16)32-10-17/h2-5,7-8,17H,6,9-14H2,1H3,(H,28,30). The maximum atomic E-state index is 13.6. The van der Waals surface area contributed by atoms with Gasteiger partial charge in [-0.05, 0) is 67.3 Å². The van der Waals surface area contributed by atoms with Crippen molar-refractivity contribution in [3.05, 3.63) is 58.4 Å². The third-order valence-corrected chi connectivity index (χ3v) is 7.23. The van der Waals surface area contributed by atoms with Gasteiger partial charge >= 0.3 is 0 Å². The van der Waals surface area contributed by atoms with Crippen molar-refractivity contribution in [2.75, 3.05) is 13.2 Å². The van der Waals surface area contributed by atoms with Crippen LogP contribution in [0.5, 0.6) is 11.5 Å². The van der Waals surface area contributed by atoms with E-state index in [4.69, 9.17) is 21.1 Å². The quantitative estimate of drug-likeness (QED) is 0.668. The molecule has 0 saturated heterocycles. The molecule has 3 fully saturated rings. The SMILES string of the molecule is Cc1ccc(OCC(=O)NC23CC(CC(=O)C4COc5cc(Cl)ccc5C4)(C2)C3)cc1F. The number of carbonyl (C=O) groups excluding carboxylic acids is 2. The molecular formula is C25H25ClFNO4. The number of carbonyl (C=O) groups is 2. The van der Waals surface area contributed by atoms with Gasteiger partial charge in [-0.3, -0.25) is 9.59 Å². The van der Waals surface area contributed by atoms with Gasteiger partial charge in [0.15, 0.2) is 6.61 Å². The highest BCUT2D eigenvalue weighted by molar-refractivity contribution is 6.30. The first-order chi connectivity index (χ1) is 15.2. The van der Waals surface area contributed by atoms with Crippen LogP contribution in [0.15, 0.2) is 36.4 Å². The summed E-state index contributed by atoms with van der Waals surface area (Å²) in [6, 6.07) is 10.1. The minimum atomic E-state index is -0.357. The minimum absolute atomic E-state index is 0.00553. The summed E-state index contributed by atoms with van der Waals surface area (Å²) in [5.74, 6) is 0.624. The third kappa shape index (κ3) is 3.96. The first-order valence-electron chi connectivity index (χ1n) is 10.9. The van der Waals surface area contributed by atoms with E-state index < -0.39 is 0 Å². The molecule has 3 aliphatic carbocycles. The summed E-state index contributed by atoms with van der Waals surface area (Å²) in [6.45, 7) is 1.91. The first kappa shape index (κ1) is 21.3. The van der Waals surface area contributed by atoms with Gasteiger partial charge in [0, 0.05) is 23.0 Å². The zero-order valence-corrected chi connectivity index (χ0v) is 18.6. The summed E-state index contributed by atoms with van der Waals surface area (Å²) in [6.07, 6.45) is 3.66. The normalized spacial score (nSPS) is 27.3. The lowest BCUT2D eigenvalue weighted by atomic mass is 9.38. The molecule has 2 aromatic carbocycles. The molecule has 168 valence electrons. The molecule has 2 bridgehead atoms. The van der Waals surface area contributed by atoms with Crippen LogP contribution >= 0.6 is 11.6 Å². The molecule has 5 nitrogen and oxygen atoms in total. The van der Waals surface area contributed by atoms with Crippen LogP contribution in [0.4, 0.5) is 4.39 Å². The number of benzene rings is 2. The summed E-state index contributed by atoms with van der Waals surface area (Å²) in [4.78, 5) is 25.2. The van der Waals surface area contributed by atoms with Crippen LogP contribution in [0.2, 0.25) is 5.02 Å². The average Bonchev–Trinajstić information content (AvgIpc) is 2.71. The number of halogens is 2. The number of Topliss-reactive ketones (excluding diaryl/α,β-unsaturated/α-hetero) is 1. The molecule has 1 aliphatic heterocycles. The van der Waals surface area contributed by atoms with Crippen LogP contribution in [0.25, 0.3) is 0 Å². The molecule has 4 aliphatic rings. The van der Waals surface area contributed by atoms with Crippen molar-refractivity contribution >= 4 is 23.3 Å². The van der Waals surface area contributed by atoms with Gasteiger partial charge in [0.2, 0.25) is 0 Å². The van der Waals surface area contributed by atoms with Crippen LogP contribution in [0.1, 0.15) is 36.8 Å². The number of ether oxygens (including phenoxy) is 2. The number of ketones is 1. The zero-order valence-electron chi connectivity index (χ0n) is 17.9. The maximum Gasteiger partial charge on any atom is 0.258 e. The van der Waals surface area contributed by atoms with Gasteiger partial charge in [-0.1, -0.05) is 23.7 Å². The summed E-state index contributed by atoms with van der Waals surface area (Å²) in [7, 11) is 0. The topological polar surface area (TPSA) is 64.6 Å². The number of hydrogen-bond acceptors (Lipinski definition) is 4. The van der Waals surface area contributed by atoms with E-state index in [0.29, 0.717) is 35.8 Å². The van der Waals surface area contributed by atoms with Gasteiger partial charge in [-0.15, -0.1) is 0 Å². The van der Waals surface area contributed by atoms with Gasteiger partial charge in [0.1, 0.15) is 23.1 Å². The van der Waals surface area contributed by atoms with E-state index in [2.05, 4.69) is 5.32 Å².